The van der Waals surface area contributed by atoms with Crippen molar-refractivity contribution >= 4 is 5.91 Å². The summed E-state index contributed by atoms with van der Waals surface area (Å²) in [6.45, 7) is 4.70. The van der Waals surface area contributed by atoms with E-state index >= 15 is 0 Å². The number of rotatable bonds is 7. The van der Waals surface area contributed by atoms with E-state index in [0.717, 1.165) is 24.4 Å². The molecule has 0 saturated carbocycles. The summed E-state index contributed by atoms with van der Waals surface area (Å²) in [6, 6.07) is 7.11. The van der Waals surface area contributed by atoms with Gasteiger partial charge in [0, 0.05) is 18.0 Å². The van der Waals surface area contributed by atoms with Gasteiger partial charge in [0.2, 0.25) is 0 Å². The van der Waals surface area contributed by atoms with Gasteiger partial charge in [-0.25, -0.2) is 4.98 Å². The molecule has 2 N–H and O–H groups in total. The number of hydrogen-bond donors (Lipinski definition) is 2. The average Bonchev–Trinajstić information content (AvgIpc) is 3.04. The third-order valence-electron chi connectivity index (χ3n) is 3.13. The first-order chi connectivity index (χ1) is 10.2. The Morgan fingerprint density at radius 2 is 2.29 bits per heavy atom. The summed E-state index contributed by atoms with van der Waals surface area (Å²) in [4.78, 5) is 19.6. The van der Waals surface area contributed by atoms with Gasteiger partial charge in [0.05, 0.1) is 12.6 Å². The number of ether oxygens (including phenoxy) is 1. The number of nitrogens with one attached hydrogen (secondary N) is 2. The van der Waals surface area contributed by atoms with E-state index in [1.54, 1.807) is 24.5 Å². The molecule has 2 aromatic rings. The lowest BCUT2D eigenvalue weighted by atomic mass is 10.1. The van der Waals surface area contributed by atoms with Crippen molar-refractivity contribution < 1.29 is 9.53 Å². The minimum absolute atomic E-state index is 0.118. The zero-order chi connectivity index (χ0) is 15.1. The van der Waals surface area contributed by atoms with Crippen molar-refractivity contribution in [3.05, 3.63) is 48.0 Å². The van der Waals surface area contributed by atoms with Gasteiger partial charge in [0.25, 0.3) is 5.91 Å². The number of hydrogen-bond acceptors (Lipinski definition) is 3. The Kier molecular flexibility index (Phi) is 5.37. The van der Waals surface area contributed by atoms with Crippen LogP contribution < -0.4 is 10.1 Å². The molecule has 1 amide bonds. The molecule has 1 heterocycles. The van der Waals surface area contributed by atoms with Gasteiger partial charge in [-0.1, -0.05) is 19.9 Å². The van der Waals surface area contributed by atoms with Crippen LogP contribution in [-0.4, -0.2) is 22.5 Å². The van der Waals surface area contributed by atoms with Gasteiger partial charge in [-0.15, -0.1) is 0 Å². The normalized spacial score (nSPS) is 11.9. The molecule has 0 spiro atoms. The largest absolute Gasteiger partial charge is 0.494 e. The third kappa shape index (κ3) is 4.08. The Hall–Kier alpha value is -2.30. The minimum Gasteiger partial charge on any atom is -0.494 e. The molecule has 0 fully saturated rings. The molecule has 0 bridgehead atoms. The van der Waals surface area contributed by atoms with Crippen LogP contribution in [0, 0.1) is 0 Å². The molecule has 112 valence electrons. The number of amides is 1. The molecule has 1 unspecified atom stereocenters. The van der Waals surface area contributed by atoms with Gasteiger partial charge >= 0.3 is 0 Å². The smallest absolute Gasteiger partial charge is 0.252 e. The highest BCUT2D eigenvalue weighted by molar-refractivity contribution is 5.94. The van der Waals surface area contributed by atoms with Gasteiger partial charge in [-0.3, -0.25) is 4.79 Å². The second-order valence-electron chi connectivity index (χ2n) is 4.79. The van der Waals surface area contributed by atoms with Crippen LogP contribution in [0.25, 0.3) is 0 Å². The number of H-pyrrole nitrogens is 1. The van der Waals surface area contributed by atoms with E-state index in [1.807, 2.05) is 26.0 Å². The van der Waals surface area contributed by atoms with Gasteiger partial charge in [0.15, 0.2) is 0 Å². The van der Waals surface area contributed by atoms with Crippen LogP contribution in [0.1, 0.15) is 48.9 Å². The lowest BCUT2D eigenvalue weighted by Gasteiger charge is -2.15. The topological polar surface area (TPSA) is 67.0 Å². The standard InChI is InChI=1S/C16H21N3O2/c1-3-10-21-13-7-5-6-12(11-13)16(20)19-14(4-2)15-17-8-9-18-15/h5-9,11,14H,3-4,10H2,1-2H3,(H,17,18)(H,19,20). The first kappa shape index (κ1) is 15.1. The van der Waals surface area contributed by atoms with Crippen LogP contribution in [0.2, 0.25) is 0 Å². The van der Waals surface area contributed by atoms with Crippen molar-refractivity contribution in [2.75, 3.05) is 6.61 Å². The molecule has 0 saturated heterocycles. The highest BCUT2D eigenvalue weighted by atomic mass is 16.5. The molecular weight excluding hydrogens is 266 g/mol. The fourth-order valence-electron chi connectivity index (χ4n) is 2.02. The Morgan fingerprint density at radius 1 is 1.43 bits per heavy atom. The SMILES string of the molecule is CCCOc1cccc(C(=O)NC(CC)c2ncc[nH]2)c1. The van der Waals surface area contributed by atoms with Crippen LogP contribution >= 0.6 is 0 Å². The molecule has 0 aliphatic heterocycles. The van der Waals surface area contributed by atoms with Crippen LogP contribution in [0.5, 0.6) is 5.75 Å². The molecule has 5 nitrogen and oxygen atoms in total. The lowest BCUT2D eigenvalue weighted by Crippen LogP contribution is -2.28. The van der Waals surface area contributed by atoms with Crippen LogP contribution in [-0.2, 0) is 0 Å². The van der Waals surface area contributed by atoms with E-state index in [2.05, 4.69) is 15.3 Å². The molecule has 1 aromatic carbocycles. The van der Waals surface area contributed by atoms with Crippen molar-refractivity contribution in [1.82, 2.24) is 15.3 Å². The average molecular weight is 287 g/mol. The van der Waals surface area contributed by atoms with Crippen LogP contribution in [0.4, 0.5) is 0 Å². The zero-order valence-electron chi connectivity index (χ0n) is 12.4. The molecule has 1 aromatic heterocycles. The van der Waals surface area contributed by atoms with E-state index in [0.29, 0.717) is 12.2 Å². The first-order valence-electron chi connectivity index (χ1n) is 7.27. The predicted octanol–water partition coefficient (Wildman–Crippen LogP) is 3.08. The summed E-state index contributed by atoms with van der Waals surface area (Å²) in [5.41, 5.74) is 0.591. The molecule has 1 atom stereocenters. The fraction of sp³-hybridized carbons (Fsp3) is 0.375. The predicted molar refractivity (Wildman–Crippen MR) is 81.3 cm³/mol. The van der Waals surface area contributed by atoms with E-state index < -0.39 is 0 Å². The Labute approximate surface area is 124 Å². The van der Waals surface area contributed by atoms with E-state index in [-0.39, 0.29) is 11.9 Å². The summed E-state index contributed by atoms with van der Waals surface area (Å²) < 4.78 is 5.55. The Bertz CT molecular complexity index is 567. The monoisotopic (exact) mass is 287 g/mol. The van der Waals surface area contributed by atoms with E-state index in [1.165, 1.54) is 0 Å². The number of aromatic nitrogens is 2. The fourth-order valence-corrected chi connectivity index (χ4v) is 2.02. The molecule has 0 aliphatic rings. The highest BCUT2D eigenvalue weighted by Crippen LogP contribution is 2.16. The highest BCUT2D eigenvalue weighted by Gasteiger charge is 2.16. The van der Waals surface area contributed by atoms with Crippen molar-refractivity contribution in [3.8, 4) is 5.75 Å². The third-order valence-corrected chi connectivity index (χ3v) is 3.13. The van der Waals surface area contributed by atoms with Crippen molar-refractivity contribution in [1.29, 1.82) is 0 Å². The van der Waals surface area contributed by atoms with Gasteiger partial charge in [0.1, 0.15) is 11.6 Å². The number of carbonyl (C=O) groups excluding carboxylic acids is 1. The second kappa shape index (κ2) is 7.47. The second-order valence-corrected chi connectivity index (χ2v) is 4.79. The maximum absolute atomic E-state index is 12.3. The minimum atomic E-state index is -0.125. The van der Waals surface area contributed by atoms with Gasteiger partial charge < -0.3 is 15.0 Å². The first-order valence-corrected chi connectivity index (χ1v) is 7.27. The number of benzene rings is 1. The van der Waals surface area contributed by atoms with Crippen molar-refractivity contribution in [2.24, 2.45) is 0 Å². The maximum atomic E-state index is 12.3. The van der Waals surface area contributed by atoms with Crippen molar-refractivity contribution in [3.63, 3.8) is 0 Å². The number of aromatic amines is 1. The number of imidazole rings is 1. The quantitative estimate of drug-likeness (QED) is 0.822. The Morgan fingerprint density at radius 3 is 2.95 bits per heavy atom. The molecular formula is C16H21N3O2. The molecule has 5 heteroatoms. The van der Waals surface area contributed by atoms with Gasteiger partial charge in [-0.2, -0.15) is 0 Å². The Balaban J connectivity index is 2.05. The van der Waals surface area contributed by atoms with Gasteiger partial charge in [-0.05, 0) is 31.0 Å². The summed E-state index contributed by atoms with van der Waals surface area (Å²) in [6.07, 6.45) is 5.14. The molecule has 0 radical (unpaired) electrons. The van der Waals surface area contributed by atoms with Crippen molar-refractivity contribution in [2.45, 2.75) is 32.7 Å². The number of nitrogens with zero attached hydrogens (tertiary/aromatic N) is 1. The summed E-state index contributed by atoms with van der Waals surface area (Å²) in [5.74, 6) is 1.36. The zero-order valence-corrected chi connectivity index (χ0v) is 12.4. The lowest BCUT2D eigenvalue weighted by molar-refractivity contribution is 0.0933. The summed E-state index contributed by atoms with van der Waals surface area (Å²) in [7, 11) is 0. The summed E-state index contributed by atoms with van der Waals surface area (Å²) >= 11 is 0. The van der Waals surface area contributed by atoms with Crippen LogP contribution in [0.3, 0.4) is 0 Å². The molecule has 2 rings (SSSR count). The summed E-state index contributed by atoms with van der Waals surface area (Å²) in [5, 5.41) is 2.98. The molecule has 21 heavy (non-hydrogen) atoms. The maximum Gasteiger partial charge on any atom is 0.252 e. The van der Waals surface area contributed by atoms with E-state index in [4.69, 9.17) is 4.74 Å². The van der Waals surface area contributed by atoms with E-state index in [9.17, 15) is 4.79 Å². The van der Waals surface area contributed by atoms with Crippen LogP contribution in [0.15, 0.2) is 36.7 Å². The molecule has 0 aliphatic carbocycles. The number of carbonyl (C=O) groups is 1.